The van der Waals surface area contributed by atoms with Gasteiger partial charge >= 0.3 is 11.9 Å². The van der Waals surface area contributed by atoms with Crippen LogP contribution in [0.25, 0.3) is 0 Å². The highest BCUT2D eigenvalue weighted by Crippen LogP contribution is 2.48. The third-order valence-electron chi connectivity index (χ3n) is 8.04. The van der Waals surface area contributed by atoms with E-state index in [0.717, 1.165) is 22.6 Å². The highest BCUT2D eigenvalue weighted by atomic mass is 16.6. The Bertz CT molecular complexity index is 1580. The van der Waals surface area contributed by atoms with E-state index in [1.165, 1.54) is 6.92 Å². The maximum Gasteiger partial charge on any atom is 0.315 e. The van der Waals surface area contributed by atoms with Gasteiger partial charge in [-0.2, -0.15) is 0 Å². The number of carbonyl (C=O) groups excluding carboxylic acids is 3. The predicted molar refractivity (Wildman–Crippen MR) is 166 cm³/mol. The fourth-order valence-electron chi connectivity index (χ4n) is 6.03. The average molecular weight is 596 g/mol. The van der Waals surface area contributed by atoms with Crippen molar-refractivity contribution >= 4 is 17.7 Å². The minimum atomic E-state index is -0.861. The van der Waals surface area contributed by atoms with Crippen LogP contribution in [0.5, 0.6) is 17.2 Å². The summed E-state index contributed by atoms with van der Waals surface area (Å²) in [6.45, 7) is 7.90. The Hall–Kier alpha value is -4.85. The summed E-state index contributed by atoms with van der Waals surface area (Å²) in [5.74, 6) is -1.22. The number of methoxy groups -OCH3 is 1. The quantitative estimate of drug-likeness (QED) is 0.224. The average Bonchev–Trinajstić information content (AvgIpc) is 3.01. The van der Waals surface area contributed by atoms with Crippen LogP contribution in [0.15, 0.2) is 96.3 Å². The van der Waals surface area contributed by atoms with Gasteiger partial charge in [0.2, 0.25) is 0 Å². The standard InChI is InChI=1S/C36H37NO7/c1-5-42-32-21-26(13-16-31(32)44-23(3)38)34-33(36(40)43-18-17-24-9-7-6-8-10-24)22(2)37-29-19-27(20-30(39)35(29)34)25-11-14-28(41-4)15-12-25/h6-16,21,27,33-34,37H,2,5,17-20H2,1,3-4H3. The maximum atomic E-state index is 14.0. The lowest BCUT2D eigenvalue weighted by Crippen LogP contribution is -2.42. The van der Waals surface area contributed by atoms with E-state index in [-0.39, 0.29) is 30.5 Å². The summed E-state index contributed by atoms with van der Waals surface area (Å²) >= 11 is 0. The van der Waals surface area contributed by atoms with E-state index in [1.54, 1.807) is 25.3 Å². The fraction of sp³-hybridized carbons (Fsp3) is 0.306. The van der Waals surface area contributed by atoms with Crippen LogP contribution >= 0.6 is 0 Å². The number of Topliss-reactive ketones (excluding diaryl/α,β-unsaturated/α-hetero) is 1. The van der Waals surface area contributed by atoms with Gasteiger partial charge in [-0.1, -0.05) is 55.1 Å². The molecule has 0 amide bonds. The minimum absolute atomic E-state index is 0.0483. The largest absolute Gasteiger partial charge is 0.497 e. The van der Waals surface area contributed by atoms with Crippen molar-refractivity contribution in [2.45, 2.75) is 44.9 Å². The Morgan fingerprint density at radius 3 is 2.36 bits per heavy atom. The van der Waals surface area contributed by atoms with Gasteiger partial charge in [-0.25, -0.2) is 0 Å². The maximum absolute atomic E-state index is 14.0. The molecule has 3 aromatic rings. The summed E-state index contributed by atoms with van der Waals surface area (Å²) in [5, 5.41) is 3.33. The minimum Gasteiger partial charge on any atom is -0.497 e. The first-order chi connectivity index (χ1) is 21.3. The molecule has 8 nitrogen and oxygen atoms in total. The van der Waals surface area contributed by atoms with Crippen LogP contribution in [0, 0.1) is 5.92 Å². The van der Waals surface area contributed by atoms with Crippen molar-refractivity contribution in [3.63, 3.8) is 0 Å². The molecule has 8 heteroatoms. The molecular weight excluding hydrogens is 558 g/mol. The Labute approximate surface area is 257 Å². The van der Waals surface area contributed by atoms with Gasteiger partial charge in [0.15, 0.2) is 17.3 Å². The molecule has 5 rings (SSSR count). The Morgan fingerprint density at radius 1 is 0.955 bits per heavy atom. The van der Waals surface area contributed by atoms with Crippen molar-refractivity contribution in [1.82, 2.24) is 5.32 Å². The van der Waals surface area contributed by atoms with Gasteiger partial charge in [-0.05, 0) is 60.2 Å². The number of benzene rings is 3. The lowest BCUT2D eigenvalue weighted by Gasteiger charge is -2.40. The summed E-state index contributed by atoms with van der Waals surface area (Å²) in [6, 6.07) is 22.7. The molecule has 0 spiro atoms. The van der Waals surface area contributed by atoms with E-state index in [4.69, 9.17) is 18.9 Å². The van der Waals surface area contributed by atoms with Crippen LogP contribution in [0.4, 0.5) is 0 Å². The van der Waals surface area contributed by atoms with Crippen LogP contribution < -0.4 is 19.5 Å². The van der Waals surface area contributed by atoms with Crippen molar-refractivity contribution in [3.8, 4) is 17.2 Å². The molecule has 0 fully saturated rings. The molecule has 1 heterocycles. The molecule has 1 aliphatic heterocycles. The van der Waals surface area contributed by atoms with Gasteiger partial charge in [0.25, 0.3) is 0 Å². The predicted octanol–water partition coefficient (Wildman–Crippen LogP) is 6.02. The summed E-state index contributed by atoms with van der Waals surface area (Å²) < 4.78 is 22.3. The van der Waals surface area contributed by atoms with Crippen molar-refractivity contribution in [2.24, 2.45) is 5.92 Å². The van der Waals surface area contributed by atoms with E-state index < -0.39 is 23.8 Å². The molecule has 0 saturated carbocycles. The molecule has 3 atom stereocenters. The smallest absolute Gasteiger partial charge is 0.315 e. The number of hydrogen-bond acceptors (Lipinski definition) is 8. The highest BCUT2D eigenvalue weighted by Gasteiger charge is 2.45. The number of esters is 2. The SMILES string of the molecule is C=C1NC2=C(C(=O)CC(c3ccc(OC)cc3)C2)C(c2ccc(OC(C)=O)c(OCC)c2)C1C(=O)OCCc1ccccc1. The van der Waals surface area contributed by atoms with Gasteiger partial charge in [-0.3, -0.25) is 14.4 Å². The Morgan fingerprint density at radius 2 is 1.68 bits per heavy atom. The Kier molecular flexibility index (Phi) is 9.48. The second-order valence-corrected chi connectivity index (χ2v) is 10.9. The van der Waals surface area contributed by atoms with Crippen molar-refractivity contribution in [2.75, 3.05) is 20.3 Å². The highest BCUT2D eigenvalue weighted by molar-refractivity contribution is 6.01. The summed E-state index contributed by atoms with van der Waals surface area (Å²) in [6.07, 6.45) is 1.42. The van der Waals surface area contributed by atoms with Gasteiger partial charge in [0.1, 0.15) is 11.7 Å². The van der Waals surface area contributed by atoms with Gasteiger partial charge in [-0.15, -0.1) is 0 Å². The number of nitrogens with one attached hydrogen (secondary N) is 1. The zero-order chi connectivity index (χ0) is 31.2. The summed E-state index contributed by atoms with van der Waals surface area (Å²) in [7, 11) is 1.62. The van der Waals surface area contributed by atoms with Crippen LogP contribution in [-0.2, 0) is 25.5 Å². The fourth-order valence-corrected chi connectivity index (χ4v) is 6.03. The monoisotopic (exact) mass is 595 g/mol. The van der Waals surface area contributed by atoms with E-state index in [9.17, 15) is 14.4 Å². The van der Waals surface area contributed by atoms with Gasteiger partial charge < -0.3 is 24.3 Å². The molecule has 0 saturated heterocycles. The van der Waals surface area contributed by atoms with E-state index in [1.807, 2.05) is 61.5 Å². The second-order valence-electron chi connectivity index (χ2n) is 10.9. The number of hydrogen-bond donors (Lipinski definition) is 1. The molecule has 0 radical (unpaired) electrons. The molecule has 2 aliphatic rings. The van der Waals surface area contributed by atoms with Crippen LogP contribution in [0.2, 0.25) is 0 Å². The molecule has 3 unspecified atom stereocenters. The van der Waals surface area contributed by atoms with Crippen LogP contribution in [0.3, 0.4) is 0 Å². The third kappa shape index (κ3) is 6.70. The molecular formula is C36H37NO7. The van der Waals surface area contributed by atoms with Crippen molar-refractivity contribution < 1.29 is 33.3 Å². The molecule has 44 heavy (non-hydrogen) atoms. The first-order valence-corrected chi connectivity index (χ1v) is 14.8. The number of carbonyl (C=O) groups is 3. The molecule has 0 aromatic heterocycles. The summed E-state index contributed by atoms with van der Waals surface area (Å²) in [5.41, 5.74) is 4.49. The molecule has 1 N–H and O–H groups in total. The van der Waals surface area contributed by atoms with Crippen molar-refractivity contribution in [3.05, 3.63) is 113 Å². The number of allylic oxidation sites excluding steroid dienone is 2. The molecule has 0 bridgehead atoms. The summed E-state index contributed by atoms with van der Waals surface area (Å²) in [4.78, 5) is 39.5. The normalized spacial score (nSPS) is 19.5. The zero-order valence-electron chi connectivity index (χ0n) is 25.3. The van der Waals surface area contributed by atoms with E-state index >= 15 is 0 Å². The number of ketones is 1. The first kappa shape index (κ1) is 30.6. The molecule has 3 aromatic carbocycles. The van der Waals surface area contributed by atoms with Crippen LogP contribution in [0.1, 0.15) is 55.2 Å². The Balaban J connectivity index is 1.51. The van der Waals surface area contributed by atoms with Crippen molar-refractivity contribution in [1.29, 1.82) is 0 Å². The third-order valence-corrected chi connectivity index (χ3v) is 8.04. The lowest BCUT2D eigenvalue weighted by molar-refractivity contribution is -0.147. The number of ether oxygens (including phenoxy) is 4. The molecule has 1 aliphatic carbocycles. The van der Waals surface area contributed by atoms with E-state index in [2.05, 4.69) is 11.9 Å². The van der Waals surface area contributed by atoms with E-state index in [0.29, 0.717) is 42.0 Å². The zero-order valence-corrected chi connectivity index (χ0v) is 25.3. The lowest BCUT2D eigenvalue weighted by atomic mass is 9.69. The van der Waals surface area contributed by atoms with Crippen LogP contribution in [-0.4, -0.2) is 38.0 Å². The first-order valence-electron chi connectivity index (χ1n) is 14.8. The molecule has 228 valence electrons. The second kappa shape index (κ2) is 13.6. The van der Waals surface area contributed by atoms with Gasteiger partial charge in [0, 0.05) is 42.7 Å². The topological polar surface area (TPSA) is 100 Å². The van der Waals surface area contributed by atoms with Gasteiger partial charge in [0.05, 0.1) is 20.3 Å². The number of rotatable bonds is 10.